The van der Waals surface area contributed by atoms with E-state index in [2.05, 4.69) is 0 Å². The molecular weight excluding hydrogens is 252 g/mol. The Morgan fingerprint density at radius 2 is 1.83 bits per heavy atom. The molecule has 1 heterocycles. The van der Waals surface area contributed by atoms with Crippen LogP contribution in [0.3, 0.4) is 0 Å². The summed E-state index contributed by atoms with van der Waals surface area (Å²) in [5, 5.41) is 0. The highest BCUT2D eigenvalue weighted by atomic mass is 32.2. The molecule has 1 aliphatic rings. The van der Waals surface area contributed by atoms with E-state index in [9.17, 15) is 13.2 Å². The number of piperidine rings is 1. The largest absolute Gasteiger partial charge is 0.346 e. The molecular formula is C12H24N2O3S. The lowest BCUT2D eigenvalue weighted by atomic mass is 9.96. The summed E-state index contributed by atoms with van der Waals surface area (Å²) >= 11 is 0. The molecule has 0 spiro atoms. The van der Waals surface area contributed by atoms with Crippen LogP contribution in [-0.4, -0.2) is 56.0 Å². The normalized spacial score (nSPS) is 18.8. The van der Waals surface area contributed by atoms with Gasteiger partial charge in [-0.1, -0.05) is 6.92 Å². The molecule has 106 valence electrons. The zero-order chi connectivity index (χ0) is 13.8. The van der Waals surface area contributed by atoms with E-state index in [1.165, 1.54) is 4.31 Å². The van der Waals surface area contributed by atoms with Crippen LogP contribution in [0.1, 0.15) is 33.1 Å². The lowest BCUT2D eigenvalue weighted by Gasteiger charge is -2.32. The molecule has 1 rings (SSSR count). The average Bonchev–Trinajstić information content (AvgIpc) is 2.38. The molecule has 1 aliphatic heterocycles. The highest BCUT2D eigenvalue weighted by Crippen LogP contribution is 2.21. The summed E-state index contributed by atoms with van der Waals surface area (Å²) in [6, 6.07) is 0. The molecule has 0 bridgehead atoms. The maximum atomic E-state index is 12.1. The van der Waals surface area contributed by atoms with Crippen molar-refractivity contribution in [1.29, 1.82) is 0 Å². The number of rotatable bonds is 5. The van der Waals surface area contributed by atoms with E-state index in [1.54, 1.807) is 11.8 Å². The van der Waals surface area contributed by atoms with Crippen LogP contribution < -0.4 is 0 Å². The van der Waals surface area contributed by atoms with Crippen molar-refractivity contribution in [3.05, 3.63) is 0 Å². The van der Waals surface area contributed by atoms with Gasteiger partial charge in [-0.15, -0.1) is 0 Å². The van der Waals surface area contributed by atoms with E-state index in [0.717, 1.165) is 13.0 Å². The zero-order valence-corrected chi connectivity index (χ0v) is 12.4. The van der Waals surface area contributed by atoms with Gasteiger partial charge in [0, 0.05) is 32.6 Å². The van der Waals surface area contributed by atoms with Gasteiger partial charge in [0.25, 0.3) is 0 Å². The summed E-state index contributed by atoms with van der Waals surface area (Å²) in [6.07, 6.45) is 2.24. The van der Waals surface area contributed by atoms with Crippen LogP contribution in [0.5, 0.6) is 0 Å². The smallest absolute Gasteiger partial charge is 0.225 e. The van der Waals surface area contributed by atoms with Crippen LogP contribution in [0, 0.1) is 5.92 Å². The Hall–Kier alpha value is -0.620. The van der Waals surface area contributed by atoms with Crippen LogP contribution in [0.25, 0.3) is 0 Å². The molecule has 0 N–H and O–H groups in total. The minimum atomic E-state index is -3.09. The van der Waals surface area contributed by atoms with Crippen LogP contribution >= 0.6 is 0 Å². The molecule has 0 aromatic carbocycles. The Kier molecular flexibility index (Phi) is 5.59. The third-order valence-electron chi connectivity index (χ3n) is 3.50. The molecule has 0 atom stereocenters. The Bertz CT molecular complexity index is 373. The third-order valence-corrected chi connectivity index (χ3v) is 5.38. The minimum Gasteiger partial charge on any atom is -0.346 e. The topological polar surface area (TPSA) is 57.7 Å². The van der Waals surface area contributed by atoms with Crippen molar-refractivity contribution in [3.8, 4) is 0 Å². The van der Waals surface area contributed by atoms with Gasteiger partial charge in [0.1, 0.15) is 0 Å². The summed E-state index contributed by atoms with van der Waals surface area (Å²) in [5.74, 6) is 0.289. The van der Waals surface area contributed by atoms with Gasteiger partial charge in [-0.2, -0.15) is 0 Å². The minimum absolute atomic E-state index is 0.00939. The van der Waals surface area contributed by atoms with Crippen molar-refractivity contribution in [2.45, 2.75) is 33.1 Å². The second kappa shape index (κ2) is 6.52. The molecule has 18 heavy (non-hydrogen) atoms. The van der Waals surface area contributed by atoms with Gasteiger partial charge in [0.05, 0.1) is 5.75 Å². The fourth-order valence-electron chi connectivity index (χ4n) is 2.32. The highest BCUT2D eigenvalue weighted by molar-refractivity contribution is 7.89. The quantitative estimate of drug-likeness (QED) is 0.750. The first-order valence-corrected chi connectivity index (χ1v) is 8.26. The van der Waals surface area contributed by atoms with Gasteiger partial charge in [0.2, 0.25) is 15.9 Å². The second-order valence-corrected chi connectivity index (χ2v) is 7.09. The molecule has 5 nitrogen and oxygen atoms in total. The van der Waals surface area contributed by atoms with Crippen molar-refractivity contribution in [2.75, 3.05) is 32.4 Å². The van der Waals surface area contributed by atoms with E-state index in [4.69, 9.17) is 0 Å². The van der Waals surface area contributed by atoms with E-state index < -0.39 is 10.0 Å². The number of nitrogens with zero attached hydrogens (tertiary/aromatic N) is 2. The molecule has 1 saturated heterocycles. The molecule has 0 aromatic rings. The van der Waals surface area contributed by atoms with Crippen LogP contribution in [0.2, 0.25) is 0 Å². The van der Waals surface area contributed by atoms with Crippen molar-refractivity contribution in [1.82, 2.24) is 9.21 Å². The molecule has 0 aliphatic carbocycles. The van der Waals surface area contributed by atoms with E-state index in [0.29, 0.717) is 25.9 Å². The molecule has 1 fully saturated rings. The van der Waals surface area contributed by atoms with Gasteiger partial charge >= 0.3 is 0 Å². The Morgan fingerprint density at radius 3 is 2.28 bits per heavy atom. The van der Waals surface area contributed by atoms with Gasteiger partial charge in [-0.05, 0) is 26.2 Å². The van der Waals surface area contributed by atoms with Crippen LogP contribution in [-0.2, 0) is 14.8 Å². The van der Waals surface area contributed by atoms with Crippen LogP contribution in [0.4, 0.5) is 0 Å². The second-order valence-electron chi connectivity index (χ2n) is 4.83. The predicted molar refractivity (Wildman–Crippen MR) is 71.7 cm³/mol. The van der Waals surface area contributed by atoms with Crippen molar-refractivity contribution >= 4 is 15.9 Å². The molecule has 6 heteroatoms. The molecule has 0 radical (unpaired) electrons. The zero-order valence-electron chi connectivity index (χ0n) is 11.6. The predicted octanol–water partition coefficient (Wildman–Crippen LogP) is 0.916. The highest BCUT2D eigenvalue weighted by Gasteiger charge is 2.31. The summed E-state index contributed by atoms with van der Waals surface area (Å²) < 4.78 is 24.9. The Labute approximate surface area is 110 Å². The third kappa shape index (κ3) is 3.68. The first-order chi connectivity index (χ1) is 8.42. The molecule has 0 saturated carbocycles. The number of amides is 1. The van der Waals surface area contributed by atoms with Gasteiger partial charge in [-0.25, -0.2) is 12.7 Å². The van der Waals surface area contributed by atoms with E-state index >= 15 is 0 Å². The summed E-state index contributed by atoms with van der Waals surface area (Å²) in [7, 11) is -1.27. The SMILES string of the molecule is CCCN(C)C(=O)C1CCN(S(=O)(=O)CC)CC1. The van der Waals surface area contributed by atoms with Gasteiger partial charge in [-0.3, -0.25) is 4.79 Å². The van der Waals surface area contributed by atoms with Crippen LogP contribution in [0.15, 0.2) is 0 Å². The number of hydrogen-bond donors (Lipinski definition) is 0. The maximum absolute atomic E-state index is 12.1. The number of sulfonamides is 1. The molecule has 0 unspecified atom stereocenters. The van der Waals surface area contributed by atoms with Gasteiger partial charge < -0.3 is 4.90 Å². The van der Waals surface area contributed by atoms with E-state index in [1.807, 2.05) is 14.0 Å². The van der Waals surface area contributed by atoms with Crippen molar-refractivity contribution in [2.24, 2.45) is 5.92 Å². The van der Waals surface area contributed by atoms with Gasteiger partial charge in [0.15, 0.2) is 0 Å². The Morgan fingerprint density at radius 1 is 1.28 bits per heavy atom. The number of carbonyl (C=O) groups excluding carboxylic acids is 1. The fraction of sp³-hybridized carbons (Fsp3) is 0.917. The first-order valence-electron chi connectivity index (χ1n) is 6.65. The molecule has 1 amide bonds. The Balaban J connectivity index is 2.52. The lowest BCUT2D eigenvalue weighted by Crippen LogP contribution is -2.44. The van der Waals surface area contributed by atoms with Crippen molar-refractivity contribution < 1.29 is 13.2 Å². The summed E-state index contributed by atoms with van der Waals surface area (Å²) in [4.78, 5) is 13.8. The van der Waals surface area contributed by atoms with Crippen molar-refractivity contribution in [3.63, 3.8) is 0 Å². The maximum Gasteiger partial charge on any atom is 0.225 e. The first kappa shape index (κ1) is 15.4. The standard InChI is InChI=1S/C12H24N2O3S/c1-4-8-13(3)12(15)11-6-9-14(10-7-11)18(16,17)5-2/h11H,4-10H2,1-3H3. The summed E-state index contributed by atoms with van der Waals surface area (Å²) in [6.45, 7) is 5.42. The average molecular weight is 276 g/mol. The number of carbonyl (C=O) groups is 1. The fourth-order valence-corrected chi connectivity index (χ4v) is 3.45. The number of hydrogen-bond acceptors (Lipinski definition) is 3. The summed E-state index contributed by atoms with van der Waals surface area (Å²) in [5.41, 5.74) is 0. The van der Waals surface area contributed by atoms with E-state index in [-0.39, 0.29) is 17.6 Å². The lowest BCUT2D eigenvalue weighted by molar-refractivity contribution is -0.135. The molecule has 0 aromatic heterocycles. The monoisotopic (exact) mass is 276 g/mol.